The fourth-order valence-corrected chi connectivity index (χ4v) is 1.42. The molecule has 0 radical (unpaired) electrons. The maximum absolute atomic E-state index is 13.0. The molecular weight excluding hydrogens is 283 g/mol. The highest BCUT2D eigenvalue weighted by Gasteiger charge is 2.16. The summed E-state index contributed by atoms with van der Waals surface area (Å²) < 4.78 is 38.7. The zero-order chi connectivity index (χ0) is 14.0. The molecule has 2 rings (SSSR count). The number of rotatable bonds is 2. The third-order valence-electron chi connectivity index (χ3n) is 2.13. The van der Waals surface area contributed by atoms with E-state index in [0.29, 0.717) is 12.1 Å². The van der Waals surface area contributed by atoms with Gasteiger partial charge in [-0.25, -0.2) is 23.1 Å². The van der Waals surface area contributed by atoms with E-state index in [9.17, 15) is 18.0 Å². The molecule has 0 fully saturated rings. The molecule has 8 heteroatoms. The van der Waals surface area contributed by atoms with Crippen LogP contribution in [0.2, 0.25) is 5.15 Å². The number of nitrogens with one attached hydrogen (secondary N) is 1. The molecule has 1 aromatic heterocycles. The van der Waals surface area contributed by atoms with Crippen molar-refractivity contribution in [2.45, 2.75) is 0 Å². The Balaban J connectivity index is 2.28. The molecule has 0 saturated carbocycles. The van der Waals surface area contributed by atoms with Crippen LogP contribution in [-0.2, 0) is 0 Å². The molecule has 1 aromatic carbocycles. The van der Waals surface area contributed by atoms with E-state index < -0.39 is 28.9 Å². The molecule has 19 heavy (non-hydrogen) atoms. The normalized spacial score (nSPS) is 10.3. The van der Waals surface area contributed by atoms with Gasteiger partial charge in [-0.05, 0) is 12.1 Å². The molecule has 2 aromatic rings. The maximum atomic E-state index is 13.0. The molecule has 1 N–H and O–H groups in total. The zero-order valence-corrected chi connectivity index (χ0v) is 9.88. The van der Waals surface area contributed by atoms with Crippen LogP contribution in [0.4, 0.5) is 19.0 Å². The first kappa shape index (κ1) is 13.3. The van der Waals surface area contributed by atoms with Crippen LogP contribution in [-0.4, -0.2) is 15.9 Å². The number of carbonyl (C=O) groups excluding carboxylic acids is 1. The largest absolute Gasteiger partial charge is 0.304 e. The fourth-order valence-electron chi connectivity index (χ4n) is 1.27. The van der Waals surface area contributed by atoms with E-state index in [4.69, 9.17) is 11.6 Å². The number of hydrogen-bond donors (Lipinski definition) is 1. The summed E-state index contributed by atoms with van der Waals surface area (Å²) in [7, 11) is 0. The molecule has 0 aliphatic heterocycles. The van der Waals surface area contributed by atoms with E-state index in [2.05, 4.69) is 15.3 Å². The fraction of sp³-hybridized carbons (Fsp3) is 0. The van der Waals surface area contributed by atoms with Crippen LogP contribution >= 0.6 is 11.6 Å². The van der Waals surface area contributed by atoms with Gasteiger partial charge in [0.05, 0.1) is 0 Å². The van der Waals surface area contributed by atoms with E-state index >= 15 is 0 Å². The monoisotopic (exact) mass is 287 g/mol. The average Bonchev–Trinajstić information content (AvgIpc) is 2.38. The summed E-state index contributed by atoms with van der Waals surface area (Å²) in [6.45, 7) is 0. The minimum atomic E-state index is -1.64. The van der Waals surface area contributed by atoms with Gasteiger partial charge in [0.25, 0.3) is 5.91 Å². The Morgan fingerprint density at radius 1 is 1.11 bits per heavy atom. The molecule has 1 heterocycles. The molecule has 0 unspecified atom stereocenters. The lowest BCUT2D eigenvalue weighted by molar-refractivity contribution is 0.102. The van der Waals surface area contributed by atoms with Gasteiger partial charge in [0, 0.05) is 18.0 Å². The Hall–Kier alpha value is -2.15. The van der Waals surface area contributed by atoms with Gasteiger partial charge in [0.2, 0.25) is 0 Å². The molecule has 0 aliphatic carbocycles. The molecule has 4 nitrogen and oxygen atoms in total. The second kappa shape index (κ2) is 5.23. The Bertz CT molecular complexity index is 628. The number of amides is 1. The predicted octanol–water partition coefficient (Wildman–Crippen LogP) is 2.80. The van der Waals surface area contributed by atoms with Crippen LogP contribution < -0.4 is 5.32 Å². The number of anilines is 1. The summed E-state index contributed by atoms with van der Waals surface area (Å²) in [4.78, 5) is 19.1. The molecular formula is C11H5ClF3N3O. The highest BCUT2D eigenvalue weighted by atomic mass is 35.5. The number of nitrogens with zero attached hydrogens (tertiary/aromatic N) is 2. The van der Waals surface area contributed by atoms with E-state index in [-0.39, 0.29) is 11.0 Å². The summed E-state index contributed by atoms with van der Waals surface area (Å²) >= 11 is 5.65. The van der Waals surface area contributed by atoms with Gasteiger partial charge in [0.15, 0.2) is 28.4 Å². The Morgan fingerprint density at radius 3 is 2.26 bits per heavy atom. The van der Waals surface area contributed by atoms with Crippen molar-refractivity contribution in [1.29, 1.82) is 0 Å². The maximum Gasteiger partial charge on any atom is 0.257 e. The van der Waals surface area contributed by atoms with Gasteiger partial charge in [-0.2, -0.15) is 0 Å². The van der Waals surface area contributed by atoms with Crippen molar-refractivity contribution < 1.29 is 18.0 Å². The average molecular weight is 288 g/mol. The topological polar surface area (TPSA) is 54.9 Å². The third-order valence-corrected chi connectivity index (χ3v) is 2.41. The zero-order valence-electron chi connectivity index (χ0n) is 9.12. The highest BCUT2D eigenvalue weighted by molar-refractivity contribution is 6.32. The van der Waals surface area contributed by atoms with Crippen molar-refractivity contribution in [2.75, 3.05) is 5.32 Å². The van der Waals surface area contributed by atoms with Crippen LogP contribution in [0.3, 0.4) is 0 Å². The van der Waals surface area contributed by atoms with Gasteiger partial charge in [-0.3, -0.25) is 4.79 Å². The Kier molecular flexibility index (Phi) is 3.66. The van der Waals surface area contributed by atoms with Gasteiger partial charge in [-0.15, -0.1) is 0 Å². The number of benzene rings is 1. The lowest BCUT2D eigenvalue weighted by Crippen LogP contribution is -2.14. The predicted molar refractivity (Wildman–Crippen MR) is 61.3 cm³/mol. The van der Waals surface area contributed by atoms with Crippen LogP contribution in [0, 0.1) is 17.5 Å². The smallest absolute Gasteiger partial charge is 0.257 e. The number of carbonyl (C=O) groups is 1. The lowest BCUT2D eigenvalue weighted by atomic mass is 10.2. The Labute approximate surface area is 110 Å². The molecule has 0 bridgehead atoms. The third kappa shape index (κ3) is 2.82. The molecule has 0 atom stereocenters. The number of hydrogen-bond acceptors (Lipinski definition) is 3. The van der Waals surface area contributed by atoms with E-state index in [1.807, 2.05) is 0 Å². The molecule has 0 saturated heterocycles. The quantitative estimate of drug-likeness (QED) is 0.864. The van der Waals surface area contributed by atoms with Crippen LogP contribution in [0.25, 0.3) is 0 Å². The summed E-state index contributed by atoms with van der Waals surface area (Å²) in [6.07, 6.45) is 2.57. The Morgan fingerprint density at radius 2 is 1.68 bits per heavy atom. The standard InChI is InChI=1S/C11H5ClF3N3O/c12-9-10(17-2-1-16-9)18-11(19)5-3-6(13)8(15)7(14)4-5/h1-4H,(H,17,18,19). The van der Waals surface area contributed by atoms with Gasteiger partial charge >= 0.3 is 0 Å². The van der Waals surface area contributed by atoms with E-state index in [1.54, 1.807) is 0 Å². The van der Waals surface area contributed by atoms with Crippen LogP contribution in [0.5, 0.6) is 0 Å². The first-order valence-electron chi connectivity index (χ1n) is 4.91. The number of aromatic nitrogens is 2. The molecule has 0 aliphatic rings. The summed E-state index contributed by atoms with van der Waals surface area (Å²) in [5.41, 5.74) is -0.405. The van der Waals surface area contributed by atoms with Crippen molar-refractivity contribution >= 4 is 23.3 Å². The van der Waals surface area contributed by atoms with Gasteiger partial charge < -0.3 is 5.32 Å². The summed E-state index contributed by atoms with van der Waals surface area (Å²) in [6, 6.07) is 1.13. The van der Waals surface area contributed by atoms with E-state index in [0.717, 1.165) is 0 Å². The molecule has 1 amide bonds. The van der Waals surface area contributed by atoms with Crippen LogP contribution in [0.1, 0.15) is 10.4 Å². The van der Waals surface area contributed by atoms with Crippen molar-refractivity contribution in [1.82, 2.24) is 9.97 Å². The first-order chi connectivity index (χ1) is 8.99. The van der Waals surface area contributed by atoms with E-state index in [1.165, 1.54) is 12.4 Å². The second-order valence-corrected chi connectivity index (χ2v) is 3.76. The van der Waals surface area contributed by atoms with Gasteiger partial charge in [-0.1, -0.05) is 11.6 Å². The minimum absolute atomic E-state index is 0.0701. The minimum Gasteiger partial charge on any atom is -0.304 e. The summed E-state index contributed by atoms with van der Waals surface area (Å²) in [5, 5.41) is 2.12. The van der Waals surface area contributed by atoms with Crippen molar-refractivity contribution in [3.8, 4) is 0 Å². The SMILES string of the molecule is O=C(Nc1nccnc1Cl)c1cc(F)c(F)c(F)c1. The number of halogens is 4. The molecule has 0 spiro atoms. The summed E-state index contributed by atoms with van der Waals surface area (Å²) in [5.74, 6) is -5.53. The van der Waals surface area contributed by atoms with Crippen molar-refractivity contribution in [3.05, 3.63) is 52.7 Å². The molecule has 98 valence electrons. The van der Waals surface area contributed by atoms with Crippen molar-refractivity contribution in [2.24, 2.45) is 0 Å². The lowest BCUT2D eigenvalue weighted by Gasteiger charge is -2.06. The highest BCUT2D eigenvalue weighted by Crippen LogP contribution is 2.17. The van der Waals surface area contributed by atoms with Crippen molar-refractivity contribution in [3.63, 3.8) is 0 Å². The second-order valence-electron chi connectivity index (χ2n) is 3.40. The first-order valence-corrected chi connectivity index (χ1v) is 5.29. The van der Waals surface area contributed by atoms with Gasteiger partial charge in [0.1, 0.15) is 0 Å². The van der Waals surface area contributed by atoms with Crippen LogP contribution in [0.15, 0.2) is 24.5 Å².